The van der Waals surface area contributed by atoms with Gasteiger partial charge in [0.2, 0.25) is 0 Å². The lowest BCUT2D eigenvalue weighted by Gasteiger charge is -2.35. The highest BCUT2D eigenvalue weighted by Gasteiger charge is 2.24. The van der Waals surface area contributed by atoms with Crippen LogP contribution in [0.3, 0.4) is 0 Å². The Morgan fingerprint density at radius 3 is 2.62 bits per heavy atom. The average Bonchev–Trinajstić information content (AvgIpc) is 2.55. The third-order valence-electron chi connectivity index (χ3n) is 3.85. The van der Waals surface area contributed by atoms with Gasteiger partial charge >= 0.3 is 0 Å². The summed E-state index contributed by atoms with van der Waals surface area (Å²) in [6, 6.07) is 8.13. The van der Waals surface area contributed by atoms with Gasteiger partial charge in [-0.05, 0) is 17.5 Å². The van der Waals surface area contributed by atoms with Crippen LogP contribution in [0.15, 0.2) is 29.3 Å². The molecule has 1 atom stereocenters. The molecule has 1 aromatic carbocycles. The van der Waals surface area contributed by atoms with Crippen molar-refractivity contribution in [2.24, 2.45) is 16.6 Å². The standard InChI is InChI=1S/C17H27ClN4O.HI/c1-13(2)11-20-17(19)21-12-16(22-7-9-23-10-8-22)14-5-3-4-6-15(14)18;/h3-6,13,16H,7-12H2,1-2H3,(H3,19,20,21);1H. The van der Waals surface area contributed by atoms with Gasteiger partial charge in [-0.2, -0.15) is 0 Å². The summed E-state index contributed by atoms with van der Waals surface area (Å²) >= 11 is 6.41. The van der Waals surface area contributed by atoms with Crippen LogP contribution in [0.1, 0.15) is 25.5 Å². The molecule has 0 aliphatic carbocycles. The van der Waals surface area contributed by atoms with Crippen molar-refractivity contribution in [2.45, 2.75) is 19.9 Å². The molecular weight excluding hydrogens is 439 g/mol. The number of nitrogens with zero attached hydrogens (tertiary/aromatic N) is 2. The first kappa shape index (κ1) is 21.5. The molecule has 1 aliphatic heterocycles. The summed E-state index contributed by atoms with van der Waals surface area (Å²) in [5, 5.41) is 4.03. The van der Waals surface area contributed by atoms with Crippen molar-refractivity contribution in [3.05, 3.63) is 34.9 Å². The number of nitrogens with two attached hydrogens (primary N) is 1. The van der Waals surface area contributed by atoms with Gasteiger partial charge in [-0.1, -0.05) is 43.6 Å². The molecule has 5 nitrogen and oxygen atoms in total. The maximum Gasteiger partial charge on any atom is 0.188 e. The van der Waals surface area contributed by atoms with E-state index >= 15 is 0 Å². The monoisotopic (exact) mass is 466 g/mol. The van der Waals surface area contributed by atoms with Crippen LogP contribution in [-0.4, -0.2) is 50.3 Å². The second-order valence-electron chi connectivity index (χ2n) is 6.19. The molecule has 0 bridgehead atoms. The van der Waals surface area contributed by atoms with Crippen LogP contribution in [0.25, 0.3) is 0 Å². The molecule has 3 N–H and O–H groups in total. The fraction of sp³-hybridized carbons (Fsp3) is 0.588. The minimum Gasteiger partial charge on any atom is -0.379 e. The summed E-state index contributed by atoms with van der Waals surface area (Å²) in [6.07, 6.45) is 0. The smallest absolute Gasteiger partial charge is 0.188 e. The summed E-state index contributed by atoms with van der Waals surface area (Å²) < 4.78 is 5.46. The van der Waals surface area contributed by atoms with Gasteiger partial charge in [0, 0.05) is 31.2 Å². The predicted molar refractivity (Wildman–Crippen MR) is 111 cm³/mol. The minimum absolute atomic E-state index is 0. The van der Waals surface area contributed by atoms with Gasteiger partial charge in [0.1, 0.15) is 0 Å². The van der Waals surface area contributed by atoms with E-state index in [0.717, 1.165) is 43.4 Å². The molecular formula is C17H28ClIN4O. The number of morpholine rings is 1. The fourth-order valence-corrected chi connectivity index (χ4v) is 2.87. The zero-order chi connectivity index (χ0) is 16.7. The molecule has 2 rings (SSSR count). The first-order valence-electron chi connectivity index (χ1n) is 8.18. The Balaban J connectivity index is 0.00000288. The first-order chi connectivity index (χ1) is 11.1. The second kappa shape index (κ2) is 11.1. The van der Waals surface area contributed by atoms with E-state index in [1.165, 1.54) is 0 Å². The van der Waals surface area contributed by atoms with Crippen molar-refractivity contribution in [1.82, 2.24) is 10.2 Å². The molecule has 1 aliphatic rings. The molecule has 0 saturated carbocycles. The Morgan fingerprint density at radius 1 is 1.33 bits per heavy atom. The largest absolute Gasteiger partial charge is 0.379 e. The molecule has 24 heavy (non-hydrogen) atoms. The third kappa shape index (κ3) is 6.74. The molecule has 0 aromatic heterocycles. The van der Waals surface area contributed by atoms with Crippen molar-refractivity contribution in [3.8, 4) is 0 Å². The normalized spacial score (nSPS) is 17.4. The fourth-order valence-electron chi connectivity index (χ4n) is 2.61. The average molecular weight is 467 g/mol. The summed E-state index contributed by atoms with van der Waals surface area (Å²) in [7, 11) is 0. The van der Waals surface area contributed by atoms with E-state index in [4.69, 9.17) is 22.1 Å². The van der Waals surface area contributed by atoms with Crippen LogP contribution in [0.4, 0.5) is 0 Å². The van der Waals surface area contributed by atoms with E-state index in [-0.39, 0.29) is 30.0 Å². The molecule has 1 aromatic rings. The number of hydrogen-bond donors (Lipinski definition) is 2. The topological polar surface area (TPSA) is 62.9 Å². The highest BCUT2D eigenvalue weighted by molar-refractivity contribution is 14.0. The number of ether oxygens (including phenoxy) is 1. The molecule has 0 spiro atoms. The van der Waals surface area contributed by atoms with Gasteiger partial charge in [0.25, 0.3) is 0 Å². The molecule has 136 valence electrons. The van der Waals surface area contributed by atoms with E-state index in [0.29, 0.717) is 18.4 Å². The van der Waals surface area contributed by atoms with Crippen LogP contribution >= 0.6 is 35.6 Å². The van der Waals surface area contributed by atoms with Gasteiger partial charge in [0.05, 0.1) is 19.3 Å². The Hall–Kier alpha value is -0.570. The molecule has 1 heterocycles. The van der Waals surface area contributed by atoms with Crippen molar-refractivity contribution in [3.63, 3.8) is 0 Å². The van der Waals surface area contributed by atoms with Crippen LogP contribution < -0.4 is 11.1 Å². The minimum atomic E-state index is 0. The van der Waals surface area contributed by atoms with Crippen molar-refractivity contribution < 1.29 is 4.74 Å². The zero-order valence-electron chi connectivity index (χ0n) is 14.4. The third-order valence-corrected chi connectivity index (χ3v) is 4.20. The first-order valence-corrected chi connectivity index (χ1v) is 8.55. The van der Waals surface area contributed by atoms with Crippen LogP contribution in [0.5, 0.6) is 0 Å². The zero-order valence-corrected chi connectivity index (χ0v) is 17.5. The summed E-state index contributed by atoms with van der Waals surface area (Å²) in [5.74, 6) is 0.984. The molecule has 0 radical (unpaired) electrons. The van der Waals surface area contributed by atoms with Crippen molar-refractivity contribution >= 4 is 41.5 Å². The van der Waals surface area contributed by atoms with E-state index in [9.17, 15) is 0 Å². The van der Waals surface area contributed by atoms with Gasteiger partial charge < -0.3 is 15.8 Å². The van der Waals surface area contributed by atoms with Crippen LogP contribution in [-0.2, 0) is 4.74 Å². The number of nitrogens with one attached hydrogen (secondary N) is 1. The number of hydrogen-bond acceptors (Lipinski definition) is 3. The Morgan fingerprint density at radius 2 is 2.00 bits per heavy atom. The van der Waals surface area contributed by atoms with Gasteiger partial charge in [-0.3, -0.25) is 9.89 Å². The maximum atomic E-state index is 6.41. The maximum absolute atomic E-state index is 6.41. The number of guanidine groups is 1. The summed E-state index contributed by atoms with van der Waals surface area (Å²) in [6.45, 7) is 8.93. The lowest BCUT2D eigenvalue weighted by Crippen LogP contribution is -2.45. The molecule has 7 heteroatoms. The highest BCUT2D eigenvalue weighted by Crippen LogP contribution is 2.27. The van der Waals surface area contributed by atoms with Crippen LogP contribution in [0.2, 0.25) is 5.02 Å². The number of aliphatic imine (C=N–C) groups is 1. The molecule has 1 saturated heterocycles. The number of rotatable bonds is 6. The Labute approximate surface area is 167 Å². The van der Waals surface area contributed by atoms with E-state index in [1.54, 1.807) is 0 Å². The van der Waals surface area contributed by atoms with Gasteiger partial charge in [-0.15, -0.1) is 24.0 Å². The predicted octanol–water partition coefficient (Wildman–Crippen LogP) is 2.89. The number of benzene rings is 1. The quantitative estimate of drug-likeness (QED) is 0.384. The lowest BCUT2D eigenvalue weighted by molar-refractivity contribution is 0.0170. The highest BCUT2D eigenvalue weighted by atomic mass is 127. The van der Waals surface area contributed by atoms with Crippen molar-refractivity contribution in [1.29, 1.82) is 0 Å². The van der Waals surface area contributed by atoms with E-state index < -0.39 is 0 Å². The summed E-state index contributed by atoms with van der Waals surface area (Å²) in [5.41, 5.74) is 7.09. The van der Waals surface area contributed by atoms with E-state index in [1.807, 2.05) is 18.2 Å². The Bertz CT molecular complexity index is 521. The van der Waals surface area contributed by atoms with Crippen molar-refractivity contribution in [2.75, 3.05) is 39.4 Å². The molecule has 1 unspecified atom stereocenters. The van der Waals surface area contributed by atoms with Gasteiger partial charge in [-0.25, -0.2) is 0 Å². The lowest BCUT2D eigenvalue weighted by atomic mass is 10.0. The summed E-state index contributed by atoms with van der Waals surface area (Å²) in [4.78, 5) is 6.75. The second-order valence-corrected chi connectivity index (χ2v) is 6.59. The van der Waals surface area contributed by atoms with E-state index in [2.05, 4.69) is 35.1 Å². The molecule has 0 amide bonds. The Kier molecular flexibility index (Phi) is 9.95. The molecule has 1 fully saturated rings. The number of halogens is 2. The van der Waals surface area contributed by atoms with Crippen LogP contribution in [0, 0.1) is 5.92 Å². The van der Waals surface area contributed by atoms with Gasteiger partial charge in [0.15, 0.2) is 5.96 Å². The SMILES string of the molecule is CC(C)CN=C(N)NCC(c1ccccc1Cl)N1CCOCC1.I.